The molecule has 2 rings (SSSR count). The number of hydrogen-bond donors (Lipinski definition) is 2. The van der Waals surface area contributed by atoms with Gasteiger partial charge in [0.15, 0.2) is 0 Å². The SMILES string of the molecule is COc1cccc(OC)c1-c1ccccc1[C@@H](N)CO. The van der Waals surface area contributed by atoms with E-state index in [1.165, 1.54) is 0 Å². The zero-order chi connectivity index (χ0) is 14.5. The highest BCUT2D eigenvalue weighted by atomic mass is 16.5. The fourth-order valence-corrected chi connectivity index (χ4v) is 2.26. The van der Waals surface area contributed by atoms with Crippen LogP contribution in [0.1, 0.15) is 11.6 Å². The summed E-state index contributed by atoms with van der Waals surface area (Å²) in [6.45, 7) is -0.117. The normalized spacial score (nSPS) is 12.0. The number of methoxy groups -OCH3 is 2. The summed E-state index contributed by atoms with van der Waals surface area (Å²) in [5, 5.41) is 9.33. The third-order valence-electron chi connectivity index (χ3n) is 3.25. The highest BCUT2D eigenvalue weighted by molar-refractivity contribution is 5.79. The smallest absolute Gasteiger partial charge is 0.130 e. The van der Waals surface area contributed by atoms with Gasteiger partial charge in [-0.3, -0.25) is 0 Å². The van der Waals surface area contributed by atoms with Crippen molar-refractivity contribution < 1.29 is 14.6 Å². The maximum Gasteiger partial charge on any atom is 0.130 e. The maximum absolute atomic E-state index is 9.33. The Morgan fingerprint density at radius 3 is 2.15 bits per heavy atom. The van der Waals surface area contributed by atoms with Crippen molar-refractivity contribution in [2.45, 2.75) is 6.04 Å². The molecule has 0 aliphatic carbocycles. The van der Waals surface area contributed by atoms with Gasteiger partial charge < -0.3 is 20.3 Å². The van der Waals surface area contributed by atoms with Crippen LogP contribution < -0.4 is 15.2 Å². The summed E-state index contributed by atoms with van der Waals surface area (Å²) in [6.07, 6.45) is 0. The Morgan fingerprint density at radius 2 is 1.60 bits per heavy atom. The summed E-state index contributed by atoms with van der Waals surface area (Å²) >= 11 is 0. The van der Waals surface area contributed by atoms with E-state index in [1.807, 2.05) is 42.5 Å². The predicted molar refractivity (Wildman–Crippen MR) is 79.0 cm³/mol. The van der Waals surface area contributed by atoms with E-state index in [4.69, 9.17) is 15.2 Å². The number of aliphatic hydroxyl groups is 1. The number of rotatable bonds is 5. The van der Waals surface area contributed by atoms with Gasteiger partial charge in [0.05, 0.1) is 32.4 Å². The van der Waals surface area contributed by atoms with Crippen molar-refractivity contribution >= 4 is 0 Å². The van der Waals surface area contributed by atoms with Gasteiger partial charge in [-0.2, -0.15) is 0 Å². The Morgan fingerprint density at radius 1 is 1.00 bits per heavy atom. The van der Waals surface area contributed by atoms with Gasteiger partial charge in [0.2, 0.25) is 0 Å². The molecule has 0 aromatic heterocycles. The molecule has 2 aromatic carbocycles. The Labute approximate surface area is 118 Å². The zero-order valence-corrected chi connectivity index (χ0v) is 11.7. The van der Waals surface area contributed by atoms with Crippen molar-refractivity contribution in [3.8, 4) is 22.6 Å². The molecule has 106 valence electrons. The second-order valence-electron chi connectivity index (χ2n) is 4.41. The Hall–Kier alpha value is -2.04. The molecule has 0 radical (unpaired) electrons. The van der Waals surface area contributed by atoms with Gasteiger partial charge in [0.25, 0.3) is 0 Å². The molecule has 4 nitrogen and oxygen atoms in total. The molecule has 3 N–H and O–H groups in total. The molecule has 20 heavy (non-hydrogen) atoms. The Balaban J connectivity index is 2.68. The van der Waals surface area contributed by atoms with Gasteiger partial charge in [0.1, 0.15) is 11.5 Å². The number of nitrogens with two attached hydrogens (primary N) is 1. The summed E-state index contributed by atoms with van der Waals surface area (Å²) in [7, 11) is 3.24. The molecule has 4 heteroatoms. The van der Waals surface area contributed by atoms with Crippen LogP contribution in [-0.4, -0.2) is 25.9 Å². The van der Waals surface area contributed by atoms with Crippen molar-refractivity contribution in [3.05, 3.63) is 48.0 Å². The lowest BCUT2D eigenvalue weighted by molar-refractivity contribution is 0.268. The summed E-state index contributed by atoms with van der Waals surface area (Å²) in [5.74, 6) is 1.42. The van der Waals surface area contributed by atoms with Crippen LogP contribution in [0.3, 0.4) is 0 Å². The molecular weight excluding hydrogens is 254 g/mol. The van der Waals surface area contributed by atoms with E-state index in [0.29, 0.717) is 11.5 Å². The van der Waals surface area contributed by atoms with Gasteiger partial charge in [-0.1, -0.05) is 30.3 Å². The lowest BCUT2D eigenvalue weighted by atomic mass is 9.94. The molecule has 0 heterocycles. The van der Waals surface area contributed by atoms with Gasteiger partial charge in [-0.15, -0.1) is 0 Å². The first-order valence-corrected chi connectivity index (χ1v) is 6.39. The third-order valence-corrected chi connectivity index (χ3v) is 3.25. The van der Waals surface area contributed by atoms with E-state index in [1.54, 1.807) is 14.2 Å². The number of hydrogen-bond acceptors (Lipinski definition) is 4. The lowest BCUT2D eigenvalue weighted by Crippen LogP contribution is -2.15. The molecular formula is C16H19NO3. The van der Waals surface area contributed by atoms with Crippen LogP contribution >= 0.6 is 0 Å². The van der Waals surface area contributed by atoms with Crippen LogP contribution in [0.5, 0.6) is 11.5 Å². The van der Waals surface area contributed by atoms with Crippen molar-refractivity contribution in [1.82, 2.24) is 0 Å². The summed E-state index contributed by atoms with van der Waals surface area (Å²) in [4.78, 5) is 0. The Bertz CT molecular complexity index is 561. The molecule has 2 aromatic rings. The van der Waals surface area contributed by atoms with Crippen LogP contribution in [0, 0.1) is 0 Å². The first-order valence-electron chi connectivity index (χ1n) is 6.39. The number of aliphatic hydroxyl groups excluding tert-OH is 1. The predicted octanol–water partition coefficient (Wildman–Crippen LogP) is 2.36. The highest BCUT2D eigenvalue weighted by Gasteiger charge is 2.18. The van der Waals surface area contributed by atoms with E-state index in [-0.39, 0.29) is 6.61 Å². The van der Waals surface area contributed by atoms with Gasteiger partial charge >= 0.3 is 0 Å². The average molecular weight is 273 g/mol. The van der Waals surface area contributed by atoms with E-state index >= 15 is 0 Å². The maximum atomic E-state index is 9.33. The molecule has 0 unspecified atom stereocenters. The monoisotopic (exact) mass is 273 g/mol. The van der Waals surface area contributed by atoms with Crippen LogP contribution in [0.15, 0.2) is 42.5 Å². The highest BCUT2D eigenvalue weighted by Crippen LogP contribution is 2.40. The van der Waals surface area contributed by atoms with Gasteiger partial charge in [-0.25, -0.2) is 0 Å². The number of benzene rings is 2. The minimum atomic E-state index is -0.444. The van der Waals surface area contributed by atoms with Gasteiger partial charge in [0, 0.05) is 0 Å². The van der Waals surface area contributed by atoms with E-state index < -0.39 is 6.04 Å². The molecule has 0 saturated carbocycles. The van der Waals surface area contributed by atoms with E-state index in [2.05, 4.69) is 0 Å². The molecule has 0 fully saturated rings. The standard InChI is InChI=1S/C16H19NO3/c1-19-14-8-5-9-15(20-2)16(14)12-7-4-3-6-11(12)13(17)10-18/h3-9,13,18H,10,17H2,1-2H3/t13-/m0/s1. The quantitative estimate of drug-likeness (QED) is 0.877. The first kappa shape index (κ1) is 14.4. The summed E-state index contributed by atoms with van der Waals surface area (Å²) in [5.41, 5.74) is 8.59. The topological polar surface area (TPSA) is 64.7 Å². The summed E-state index contributed by atoms with van der Waals surface area (Å²) < 4.78 is 10.9. The fourth-order valence-electron chi connectivity index (χ4n) is 2.26. The largest absolute Gasteiger partial charge is 0.496 e. The summed E-state index contributed by atoms with van der Waals surface area (Å²) in [6, 6.07) is 12.9. The molecule has 0 aliphatic heterocycles. The van der Waals surface area contributed by atoms with Crippen LogP contribution in [-0.2, 0) is 0 Å². The van der Waals surface area contributed by atoms with Crippen LogP contribution in [0.4, 0.5) is 0 Å². The van der Waals surface area contributed by atoms with Crippen molar-refractivity contribution in [1.29, 1.82) is 0 Å². The van der Waals surface area contributed by atoms with Crippen molar-refractivity contribution in [2.24, 2.45) is 5.73 Å². The molecule has 0 saturated heterocycles. The first-order chi connectivity index (χ1) is 9.72. The van der Waals surface area contributed by atoms with Crippen LogP contribution in [0.2, 0.25) is 0 Å². The van der Waals surface area contributed by atoms with E-state index in [9.17, 15) is 5.11 Å². The molecule has 1 atom stereocenters. The second-order valence-corrected chi connectivity index (χ2v) is 4.41. The molecule has 0 aliphatic rings. The fraction of sp³-hybridized carbons (Fsp3) is 0.250. The lowest BCUT2D eigenvalue weighted by Gasteiger charge is -2.18. The van der Waals surface area contributed by atoms with Crippen molar-refractivity contribution in [3.63, 3.8) is 0 Å². The van der Waals surface area contributed by atoms with Gasteiger partial charge in [-0.05, 0) is 23.3 Å². The molecule has 0 spiro atoms. The Kier molecular flexibility index (Phi) is 4.61. The number of ether oxygens (including phenoxy) is 2. The minimum absolute atomic E-state index is 0.117. The minimum Gasteiger partial charge on any atom is -0.496 e. The third kappa shape index (κ3) is 2.61. The molecule has 0 amide bonds. The van der Waals surface area contributed by atoms with Crippen LogP contribution in [0.25, 0.3) is 11.1 Å². The van der Waals surface area contributed by atoms with E-state index in [0.717, 1.165) is 16.7 Å². The molecule has 0 bridgehead atoms. The van der Waals surface area contributed by atoms with Crippen molar-refractivity contribution in [2.75, 3.05) is 20.8 Å². The zero-order valence-electron chi connectivity index (χ0n) is 11.7. The average Bonchev–Trinajstić information content (AvgIpc) is 2.53. The second kappa shape index (κ2) is 6.41.